The highest BCUT2D eigenvalue weighted by Crippen LogP contribution is 2.34. The maximum atomic E-state index is 12.3. The van der Waals surface area contributed by atoms with E-state index in [0.29, 0.717) is 28.2 Å². The third-order valence-electron chi connectivity index (χ3n) is 4.28. The molecule has 4 rings (SSSR count). The smallest absolute Gasteiger partial charge is 0.234 e. The van der Waals surface area contributed by atoms with E-state index in [9.17, 15) is 4.79 Å². The van der Waals surface area contributed by atoms with E-state index in [1.807, 2.05) is 48.9 Å². The zero-order valence-electron chi connectivity index (χ0n) is 16.0. The molecule has 0 spiro atoms. The van der Waals surface area contributed by atoms with Gasteiger partial charge in [0.05, 0.1) is 5.75 Å². The molecule has 0 fully saturated rings. The Hall–Kier alpha value is -3.20. The zero-order valence-corrected chi connectivity index (χ0v) is 16.8. The summed E-state index contributed by atoms with van der Waals surface area (Å²) in [5, 5.41) is 11.9. The van der Waals surface area contributed by atoms with Gasteiger partial charge in [0, 0.05) is 18.8 Å². The van der Waals surface area contributed by atoms with E-state index >= 15 is 0 Å². The average molecular weight is 412 g/mol. The van der Waals surface area contributed by atoms with Gasteiger partial charge in [0.25, 0.3) is 0 Å². The number of nitrogens with zero attached hydrogens (tertiary/aromatic N) is 3. The maximum absolute atomic E-state index is 12.3. The van der Waals surface area contributed by atoms with E-state index in [1.165, 1.54) is 11.8 Å². The van der Waals surface area contributed by atoms with Gasteiger partial charge in [-0.05, 0) is 31.2 Å². The van der Waals surface area contributed by atoms with Crippen LogP contribution in [0.15, 0.2) is 53.7 Å². The van der Waals surface area contributed by atoms with Crippen LogP contribution in [0.5, 0.6) is 17.2 Å². The predicted molar refractivity (Wildman–Crippen MR) is 108 cm³/mol. The molecular weight excluding hydrogens is 392 g/mol. The number of nitrogens with one attached hydrogen (secondary N) is 1. The lowest BCUT2D eigenvalue weighted by Crippen LogP contribution is -2.14. The summed E-state index contributed by atoms with van der Waals surface area (Å²) < 4.78 is 18.3. The number of para-hydroxylation sites is 1. The molecule has 2 heterocycles. The number of amides is 1. The fourth-order valence-electron chi connectivity index (χ4n) is 2.86. The van der Waals surface area contributed by atoms with Crippen molar-refractivity contribution in [1.29, 1.82) is 0 Å². The molecule has 0 saturated heterocycles. The molecule has 3 aromatic rings. The van der Waals surface area contributed by atoms with Gasteiger partial charge in [0.15, 0.2) is 28.6 Å². The van der Waals surface area contributed by atoms with Crippen molar-refractivity contribution in [1.82, 2.24) is 14.8 Å². The van der Waals surface area contributed by atoms with Gasteiger partial charge >= 0.3 is 0 Å². The van der Waals surface area contributed by atoms with Gasteiger partial charge in [-0.15, -0.1) is 10.2 Å². The Kier molecular flexibility index (Phi) is 5.57. The molecule has 29 heavy (non-hydrogen) atoms. The molecule has 1 N–H and O–H groups in total. The van der Waals surface area contributed by atoms with Crippen LogP contribution in [0.2, 0.25) is 0 Å². The first kappa shape index (κ1) is 19.1. The van der Waals surface area contributed by atoms with Crippen molar-refractivity contribution in [3.63, 3.8) is 0 Å². The Morgan fingerprint density at radius 1 is 1.21 bits per heavy atom. The first-order valence-electron chi connectivity index (χ1n) is 9.03. The Labute approximate surface area is 172 Å². The molecule has 9 heteroatoms. The normalized spacial score (nSPS) is 13.2. The van der Waals surface area contributed by atoms with Crippen molar-refractivity contribution in [3.8, 4) is 17.2 Å². The van der Waals surface area contributed by atoms with Crippen molar-refractivity contribution in [3.05, 3.63) is 54.4 Å². The molecule has 0 saturated carbocycles. The lowest BCUT2D eigenvalue weighted by Gasteiger charge is -2.14. The number of anilines is 1. The molecule has 1 atom stereocenters. The molecule has 1 aromatic heterocycles. The minimum Gasteiger partial charge on any atom is -0.483 e. The minimum absolute atomic E-state index is 0.146. The summed E-state index contributed by atoms with van der Waals surface area (Å²) in [7, 11) is 1.86. The second-order valence-electron chi connectivity index (χ2n) is 6.38. The van der Waals surface area contributed by atoms with Crippen molar-refractivity contribution in [2.45, 2.75) is 18.2 Å². The van der Waals surface area contributed by atoms with Gasteiger partial charge < -0.3 is 24.1 Å². The van der Waals surface area contributed by atoms with E-state index < -0.39 is 0 Å². The third-order valence-corrected chi connectivity index (χ3v) is 5.30. The summed E-state index contributed by atoms with van der Waals surface area (Å²) in [6, 6.07) is 14.8. The van der Waals surface area contributed by atoms with Crippen LogP contribution in [0, 0.1) is 0 Å². The number of benzene rings is 2. The maximum Gasteiger partial charge on any atom is 0.234 e. The highest BCUT2D eigenvalue weighted by Gasteiger charge is 2.18. The molecule has 8 nitrogen and oxygen atoms in total. The fraction of sp³-hybridized carbons (Fsp3) is 0.250. The van der Waals surface area contributed by atoms with E-state index in [2.05, 4.69) is 15.5 Å². The summed E-state index contributed by atoms with van der Waals surface area (Å²) in [5.41, 5.74) is 0.656. The molecule has 0 aliphatic carbocycles. The second-order valence-corrected chi connectivity index (χ2v) is 7.32. The highest BCUT2D eigenvalue weighted by atomic mass is 32.2. The standard InChI is InChI=1S/C20H20N4O4S/c1-13(28-15-6-4-3-5-7-15)19-22-23-20(24(19)2)29-11-18(25)21-14-8-9-16-17(10-14)27-12-26-16/h3-10,13H,11-12H2,1-2H3,(H,21,25)/t13-/m0/s1. The van der Waals surface area contributed by atoms with E-state index in [4.69, 9.17) is 14.2 Å². The molecule has 150 valence electrons. The highest BCUT2D eigenvalue weighted by molar-refractivity contribution is 7.99. The van der Waals surface area contributed by atoms with Crippen LogP contribution in [0.1, 0.15) is 18.9 Å². The monoisotopic (exact) mass is 412 g/mol. The van der Waals surface area contributed by atoms with Gasteiger partial charge in [0.2, 0.25) is 12.7 Å². The summed E-state index contributed by atoms with van der Waals surface area (Å²) >= 11 is 1.31. The second kappa shape index (κ2) is 8.44. The molecule has 0 bridgehead atoms. The number of ether oxygens (including phenoxy) is 3. The number of hydrogen-bond acceptors (Lipinski definition) is 7. The summed E-state index contributed by atoms with van der Waals surface area (Å²) in [6.07, 6.45) is -0.272. The number of hydrogen-bond donors (Lipinski definition) is 1. The van der Waals surface area contributed by atoms with Gasteiger partial charge in [0.1, 0.15) is 5.75 Å². The van der Waals surface area contributed by atoms with Crippen LogP contribution in [0.4, 0.5) is 5.69 Å². The van der Waals surface area contributed by atoms with Crippen LogP contribution in [0.25, 0.3) is 0 Å². The molecule has 0 unspecified atom stereocenters. The predicted octanol–water partition coefficient (Wildman–Crippen LogP) is 3.41. The fourth-order valence-corrected chi connectivity index (χ4v) is 3.58. The van der Waals surface area contributed by atoms with Gasteiger partial charge in [-0.2, -0.15) is 0 Å². The summed E-state index contributed by atoms with van der Waals surface area (Å²) in [4.78, 5) is 12.3. The van der Waals surface area contributed by atoms with Crippen molar-refractivity contribution in [2.24, 2.45) is 7.05 Å². The van der Waals surface area contributed by atoms with Crippen molar-refractivity contribution < 1.29 is 19.0 Å². The van der Waals surface area contributed by atoms with Gasteiger partial charge in [-0.1, -0.05) is 30.0 Å². The number of fused-ring (bicyclic) bond motifs is 1. The Balaban J connectivity index is 1.33. The first-order valence-corrected chi connectivity index (χ1v) is 10.0. The molecule has 2 aromatic carbocycles. The Morgan fingerprint density at radius 3 is 2.83 bits per heavy atom. The summed E-state index contributed by atoms with van der Waals surface area (Å²) in [6.45, 7) is 2.11. The number of carbonyl (C=O) groups excluding carboxylic acids is 1. The summed E-state index contributed by atoms with van der Waals surface area (Å²) in [5.74, 6) is 2.81. The minimum atomic E-state index is -0.272. The van der Waals surface area contributed by atoms with E-state index in [0.717, 1.165) is 5.75 Å². The van der Waals surface area contributed by atoms with Gasteiger partial charge in [-0.3, -0.25) is 4.79 Å². The van der Waals surface area contributed by atoms with Crippen LogP contribution in [-0.4, -0.2) is 33.2 Å². The number of aromatic nitrogens is 3. The number of carbonyl (C=O) groups is 1. The SMILES string of the molecule is C[C@H](Oc1ccccc1)c1nnc(SCC(=O)Nc2ccc3c(c2)OCO3)n1C. The topological polar surface area (TPSA) is 87.5 Å². The Bertz CT molecular complexity index is 1010. The van der Waals surface area contributed by atoms with Crippen LogP contribution >= 0.6 is 11.8 Å². The van der Waals surface area contributed by atoms with E-state index in [1.54, 1.807) is 18.2 Å². The number of rotatable bonds is 7. The molecular formula is C20H20N4O4S. The Morgan fingerprint density at radius 2 is 2.00 bits per heavy atom. The molecule has 1 aliphatic rings. The van der Waals surface area contributed by atoms with Crippen molar-refractivity contribution in [2.75, 3.05) is 17.9 Å². The lowest BCUT2D eigenvalue weighted by atomic mass is 10.3. The average Bonchev–Trinajstić information content (AvgIpc) is 3.33. The van der Waals surface area contributed by atoms with Crippen LogP contribution in [0.3, 0.4) is 0 Å². The quantitative estimate of drug-likeness (QED) is 0.595. The first-order chi connectivity index (χ1) is 14.1. The van der Waals surface area contributed by atoms with E-state index in [-0.39, 0.29) is 24.6 Å². The van der Waals surface area contributed by atoms with Crippen LogP contribution < -0.4 is 19.5 Å². The van der Waals surface area contributed by atoms with Crippen molar-refractivity contribution >= 4 is 23.4 Å². The third kappa shape index (κ3) is 4.45. The van der Waals surface area contributed by atoms with Crippen LogP contribution in [-0.2, 0) is 11.8 Å². The number of thioether (sulfide) groups is 1. The molecule has 0 radical (unpaired) electrons. The molecule has 1 aliphatic heterocycles. The zero-order chi connectivity index (χ0) is 20.2. The van der Waals surface area contributed by atoms with Gasteiger partial charge in [-0.25, -0.2) is 0 Å². The largest absolute Gasteiger partial charge is 0.483 e. The lowest BCUT2D eigenvalue weighted by molar-refractivity contribution is -0.113. The molecule has 1 amide bonds.